The van der Waals surface area contributed by atoms with Crippen LogP contribution in [0.3, 0.4) is 0 Å². The molecule has 194 valence electrons. The van der Waals surface area contributed by atoms with E-state index in [0.717, 1.165) is 48.4 Å². The normalized spacial score (nSPS) is 17.8. The van der Waals surface area contributed by atoms with Gasteiger partial charge in [-0.05, 0) is 85.8 Å². The first-order chi connectivity index (χ1) is 17.9. The Bertz CT molecular complexity index is 1260. The van der Waals surface area contributed by atoms with Crippen molar-refractivity contribution in [1.29, 1.82) is 0 Å². The lowest BCUT2D eigenvalue weighted by Gasteiger charge is -2.29. The molecule has 1 atom stereocenters. The molecule has 0 aliphatic carbocycles. The average Bonchev–Trinajstić information content (AvgIpc) is 3.25. The molecule has 1 fully saturated rings. The van der Waals surface area contributed by atoms with Crippen molar-refractivity contribution in [1.82, 2.24) is 4.90 Å². The van der Waals surface area contributed by atoms with Gasteiger partial charge in [0.25, 0.3) is 0 Å². The summed E-state index contributed by atoms with van der Waals surface area (Å²) in [7, 11) is 2.16. The number of hydrogen-bond acceptors (Lipinski definition) is 5. The van der Waals surface area contributed by atoms with Crippen LogP contribution >= 0.6 is 0 Å². The second-order valence-corrected chi connectivity index (χ2v) is 10.3. The maximum atomic E-state index is 11.1. The van der Waals surface area contributed by atoms with Crippen LogP contribution in [-0.2, 0) is 11.4 Å². The van der Waals surface area contributed by atoms with Crippen LogP contribution in [0.15, 0.2) is 54.6 Å². The Morgan fingerprint density at radius 1 is 1.03 bits per heavy atom. The molecule has 0 bridgehead atoms. The van der Waals surface area contributed by atoms with Crippen molar-refractivity contribution in [3.05, 3.63) is 76.9 Å². The van der Waals surface area contributed by atoms with Crippen LogP contribution in [0.4, 0.5) is 0 Å². The predicted octanol–water partition coefficient (Wildman–Crippen LogP) is 5.97. The molecular weight excluding hydrogens is 466 g/mol. The topological polar surface area (TPSA) is 68.2 Å². The summed E-state index contributed by atoms with van der Waals surface area (Å²) >= 11 is 0. The molecule has 0 amide bonds. The fourth-order valence-corrected chi connectivity index (χ4v) is 5.45. The van der Waals surface area contributed by atoms with Gasteiger partial charge in [0.05, 0.1) is 13.0 Å². The predicted molar refractivity (Wildman–Crippen MR) is 144 cm³/mol. The van der Waals surface area contributed by atoms with E-state index in [4.69, 9.17) is 19.3 Å². The Labute approximate surface area is 218 Å². The zero-order valence-electron chi connectivity index (χ0n) is 21.8. The molecular formula is C31H35NO5. The number of benzene rings is 3. The molecule has 3 aromatic carbocycles. The smallest absolute Gasteiger partial charge is 0.304 e. The van der Waals surface area contributed by atoms with E-state index in [1.807, 2.05) is 18.2 Å². The summed E-state index contributed by atoms with van der Waals surface area (Å²) in [5, 5.41) is 9.10. The van der Waals surface area contributed by atoms with Crippen molar-refractivity contribution in [3.8, 4) is 28.4 Å². The zero-order chi connectivity index (χ0) is 25.9. The van der Waals surface area contributed by atoms with Gasteiger partial charge in [0, 0.05) is 30.6 Å². The lowest BCUT2D eigenvalue weighted by molar-refractivity contribution is -0.137. The van der Waals surface area contributed by atoms with Crippen molar-refractivity contribution in [2.24, 2.45) is 0 Å². The SMILES string of the molecule is Cc1cc(OC2CCN(C)CC2)cc(C)c1-c1cccc(COc2ccc3c(c2)OC[C@H]3CC(=O)O)c1. The molecule has 0 unspecified atom stereocenters. The molecule has 37 heavy (non-hydrogen) atoms. The van der Waals surface area contributed by atoms with Crippen molar-refractivity contribution in [2.45, 2.75) is 51.7 Å². The third-order valence-electron chi connectivity index (χ3n) is 7.38. The molecule has 3 aromatic rings. The van der Waals surface area contributed by atoms with Crippen LogP contribution in [0.1, 0.15) is 47.4 Å². The minimum atomic E-state index is -0.813. The van der Waals surface area contributed by atoms with Gasteiger partial charge in [0.15, 0.2) is 0 Å². The first-order valence-electron chi connectivity index (χ1n) is 13.0. The number of hydrogen-bond donors (Lipinski definition) is 1. The van der Waals surface area contributed by atoms with Crippen LogP contribution in [0, 0.1) is 13.8 Å². The van der Waals surface area contributed by atoms with E-state index < -0.39 is 5.97 Å². The second kappa shape index (κ2) is 10.9. The second-order valence-electron chi connectivity index (χ2n) is 10.3. The number of carboxylic acid groups (broad SMARTS) is 1. The van der Waals surface area contributed by atoms with E-state index in [1.54, 1.807) is 0 Å². The maximum absolute atomic E-state index is 11.1. The minimum absolute atomic E-state index is 0.0735. The molecule has 0 saturated carbocycles. The van der Waals surface area contributed by atoms with Gasteiger partial charge < -0.3 is 24.2 Å². The number of nitrogens with zero attached hydrogens (tertiary/aromatic N) is 1. The Balaban J connectivity index is 1.26. The standard InChI is InChI=1S/C31H35NO5/c1-20-13-27(37-25-9-11-32(3)12-10-25)14-21(2)31(20)23-6-4-5-22(15-23)18-35-26-7-8-28-24(16-30(33)34)19-36-29(28)17-26/h4-8,13-15,17,24-25H,9-12,16,18-19H2,1-3H3,(H,33,34)/t24-/m1/s1. The highest BCUT2D eigenvalue weighted by Crippen LogP contribution is 2.38. The fraction of sp³-hybridized carbons (Fsp3) is 0.387. The van der Waals surface area contributed by atoms with Crippen LogP contribution in [0.5, 0.6) is 17.2 Å². The summed E-state index contributed by atoms with van der Waals surface area (Å²) in [6.07, 6.45) is 2.49. The number of fused-ring (bicyclic) bond motifs is 1. The Kier molecular flexibility index (Phi) is 7.38. The van der Waals surface area contributed by atoms with Gasteiger partial charge in [-0.2, -0.15) is 0 Å². The molecule has 6 nitrogen and oxygen atoms in total. The van der Waals surface area contributed by atoms with E-state index in [9.17, 15) is 4.79 Å². The van der Waals surface area contributed by atoms with Crippen molar-refractivity contribution >= 4 is 5.97 Å². The first-order valence-corrected chi connectivity index (χ1v) is 13.0. The molecule has 0 radical (unpaired) electrons. The molecule has 0 spiro atoms. The van der Waals surface area contributed by atoms with Gasteiger partial charge in [-0.25, -0.2) is 0 Å². The number of carboxylic acids is 1. The van der Waals surface area contributed by atoms with Gasteiger partial charge in [-0.1, -0.05) is 24.3 Å². The molecule has 5 rings (SSSR count). The van der Waals surface area contributed by atoms with Crippen molar-refractivity contribution in [2.75, 3.05) is 26.7 Å². The highest BCUT2D eigenvalue weighted by atomic mass is 16.5. The number of piperidine rings is 1. The number of aliphatic carboxylic acids is 1. The Hall–Kier alpha value is -3.51. The highest BCUT2D eigenvalue weighted by Gasteiger charge is 2.26. The van der Waals surface area contributed by atoms with Crippen molar-refractivity contribution in [3.63, 3.8) is 0 Å². The quantitative estimate of drug-likeness (QED) is 0.410. The lowest BCUT2D eigenvalue weighted by atomic mass is 9.94. The largest absolute Gasteiger partial charge is 0.492 e. The van der Waals surface area contributed by atoms with Crippen LogP contribution in [0.2, 0.25) is 0 Å². The first kappa shape index (κ1) is 25.2. The number of likely N-dealkylation sites (tertiary alicyclic amines) is 1. The minimum Gasteiger partial charge on any atom is -0.492 e. The fourth-order valence-electron chi connectivity index (χ4n) is 5.45. The molecule has 1 saturated heterocycles. The monoisotopic (exact) mass is 501 g/mol. The summed E-state index contributed by atoms with van der Waals surface area (Å²) < 4.78 is 18.1. The van der Waals surface area contributed by atoms with E-state index in [-0.39, 0.29) is 18.4 Å². The highest BCUT2D eigenvalue weighted by molar-refractivity contribution is 5.72. The number of aryl methyl sites for hydroxylation is 2. The van der Waals surface area contributed by atoms with E-state index in [2.05, 4.69) is 62.2 Å². The molecule has 2 aliphatic rings. The van der Waals surface area contributed by atoms with Gasteiger partial charge >= 0.3 is 5.97 Å². The summed E-state index contributed by atoms with van der Waals surface area (Å²) in [4.78, 5) is 13.4. The summed E-state index contributed by atoms with van der Waals surface area (Å²) in [6, 6.07) is 18.4. The molecule has 2 aliphatic heterocycles. The molecule has 0 aromatic heterocycles. The van der Waals surface area contributed by atoms with Gasteiger partial charge in [0.2, 0.25) is 0 Å². The van der Waals surface area contributed by atoms with Crippen molar-refractivity contribution < 1.29 is 24.1 Å². The summed E-state index contributed by atoms with van der Waals surface area (Å²) in [5.74, 6) is 1.46. The van der Waals surface area contributed by atoms with Crippen LogP contribution < -0.4 is 14.2 Å². The Morgan fingerprint density at radius 3 is 2.51 bits per heavy atom. The maximum Gasteiger partial charge on any atom is 0.304 e. The van der Waals surface area contributed by atoms with E-state index in [0.29, 0.717) is 24.7 Å². The molecule has 1 N–H and O–H groups in total. The van der Waals surface area contributed by atoms with Gasteiger partial charge in [-0.3, -0.25) is 4.79 Å². The third-order valence-corrected chi connectivity index (χ3v) is 7.38. The van der Waals surface area contributed by atoms with Crippen LogP contribution in [-0.4, -0.2) is 48.8 Å². The van der Waals surface area contributed by atoms with E-state index in [1.165, 1.54) is 16.7 Å². The van der Waals surface area contributed by atoms with Gasteiger partial charge in [0.1, 0.15) is 30.0 Å². The third kappa shape index (κ3) is 5.91. The molecule has 6 heteroatoms. The van der Waals surface area contributed by atoms with Crippen LogP contribution in [0.25, 0.3) is 11.1 Å². The summed E-state index contributed by atoms with van der Waals surface area (Å²) in [5.41, 5.74) is 6.81. The lowest BCUT2D eigenvalue weighted by Crippen LogP contribution is -2.35. The number of carbonyl (C=O) groups is 1. The zero-order valence-corrected chi connectivity index (χ0v) is 21.8. The molecule has 2 heterocycles. The van der Waals surface area contributed by atoms with Gasteiger partial charge in [-0.15, -0.1) is 0 Å². The van der Waals surface area contributed by atoms with E-state index >= 15 is 0 Å². The average molecular weight is 502 g/mol. The Morgan fingerprint density at radius 2 is 1.78 bits per heavy atom. The number of ether oxygens (including phenoxy) is 3. The number of rotatable bonds is 8. The summed E-state index contributed by atoms with van der Waals surface area (Å²) in [6.45, 7) is 7.29.